The van der Waals surface area contributed by atoms with Crippen LogP contribution >= 0.6 is 0 Å². The van der Waals surface area contributed by atoms with Crippen molar-refractivity contribution in [2.24, 2.45) is 5.73 Å². The van der Waals surface area contributed by atoms with Gasteiger partial charge in [-0.3, -0.25) is 5.73 Å². The molecule has 1 aromatic rings. The van der Waals surface area contributed by atoms with Gasteiger partial charge in [0.05, 0.1) is 17.2 Å². The second-order valence-electron chi connectivity index (χ2n) is 8.00. The molecule has 0 aromatic heterocycles. The van der Waals surface area contributed by atoms with Gasteiger partial charge in [0.1, 0.15) is 12.0 Å². The number of hydrogen-bond acceptors (Lipinski definition) is 6. The Morgan fingerprint density at radius 3 is 2.16 bits per heavy atom. The topological polar surface area (TPSA) is 88.8 Å². The van der Waals surface area contributed by atoms with E-state index < -0.39 is 17.1 Å². The molecular formula is C17H27BN2O4S. The predicted octanol–water partition coefficient (Wildman–Crippen LogP) is 1.07. The van der Waals surface area contributed by atoms with Crippen LogP contribution in [0.15, 0.2) is 24.3 Å². The van der Waals surface area contributed by atoms with Gasteiger partial charge in [0.15, 0.2) is 5.72 Å². The van der Waals surface area contributed by atoms with Crippen LogP contribution in [0.3, 0.4) is 0 Å². The fourth-order valence-electron chi connectivity index (χ4n) is 3.08. The van der Waals surface area contributed by atoms with E-state index >= 15 is 0 Å². The lowest BCUT2D eigenvalue weighted by Gasteiger charge is -2.43. The van der Waals surface area contributed by atoms with Gasteiger partial charge in [-0.05, 0) is 45.3 Å². The molecular weight excluding hydrogens is 339 g/mol. The van der Waals surface area contributed by atoms with Crippen LogP contribution in [-0.4, -0.2) is 40.9 Å². The van der Waals surface area contributed by atoms with Gasteiger partial charge in [0, 0.05) is 24.2 Å². The van der Waals surface area contributed by atoms with Crippen LogP contribution in [0.25, 0.3) is 0 Å². The molecule has 2 aliphatic rings. The molecule has 1 saturated heterocycles. The normalized spacial score (nSPS) is 31.5. The highest BCUT2D eigenvalue weighted by Gasteiger charge is 2.51. The maximum absolute atomic E-state index is 11.2. The molecule has 3 rings (SSSR count). The minimum Gasteiger partial charge on any atom is -0.598 e. The second-order valence-corrected chi connectivity index (χ2v) is 9.15. The first-order valence-corrected chi connectivity index (χ1v) is 10.1. The summed E-state index contributed by atoms with van der Waals surface area (Å²) in [4.78, 5) is 0. The van der Waals surface area contributed by atoms with E-state index in [1.165, 1.54) is 0 Å². The van der Waals surface area contributed by atoms with Crippen LogP contribution < -0.4 is 20.7 Å². The average molecular weight is 366 g/mol. The monoisotopic (exact) mass is 366 g/mol. The van der Waals surface area contributed by atoms with Gasteiger partial charge in [-0.15, -0.1) is 4.72 Å². The van der Waals surface area contributed by atoms with E-state index in [4.69, 9.17) is 19.8 Å². The standard InChI is InChI=1S/C17H27BN2O4S/c1-15(2)16(3,4)24-18(23-15)12-6-8-14(9-7-12)22-17(19)10-13(11-17)20-25(5)21/h6-9,13,20H,10-11,19H2,1-5H3. The van der Waals surface area contributed by atoms with Crippen LogP contribution in [0.5, 0.6) is 5.75 Å². The number of nitrogens with two attached hydrogens (primary N) is 1. The van der Waals surface area contributed by atoms with Gasteiger partial charge < -0.3 is 18.6 Å². The fourth-order valence-corrected chi connectivity index (χ4v) is 3.72. The Kier molecular flexibility index (Phi) is 4.90. The molecule has 1 aliphatic heterocycles. The Labute approximate surface area is 153 Å². The molecule has 1 unspecified atom stereocenters. The molecule has 3 N–H and O–H groups in total. The van der Waals surface area contributed by atoms with E-state index in [0.717, 1.165) is 5.46 Å². The van der Waals surface area contributed by atoms with Crippen molar-refractivity contribution in [2.75, 3.05) is 6.26 Å². The van der Waals surface area contributed by atoms with Crippen molar-refractivity contribution in [2.45, 2.75) is 63.5 Å². The Hall–Kier alpha value is -0.765. The number of nitrogens with one attached hydrogen (secondary N) is 1. The summed E-state index contributed by atoms with van der Waals surface area (Å²) in [6, 6.07) is 7.79. The van der Waals surface area contributed by atoms with Gasteiger partial charge in [0.2, 0.25) is 0 Å². The third-order valence-electron chi connectivity index (χ3n) is 5.24. The van der Waals surface area contributed by atoms with Crippen LogP contribution in [0, 0.1) is 0 Å². The third-order valence-corrected chi connectivity index (χ3v) is 5.91. The van der Waals surface area contributed by atoms with Crippen molar-refractivity contribution >= 4 is 23.9 Å². The van der Waals surface area contributed by atoms with Gasteiger partial charge in [-0.25, -0.2) is 0 Å². The molecule has 25 heavy (non-hydrogen) atoms. The summed E-state index contributed by atoms with van der Waals surface area (Å²) >= 11 is -1.03. The Bertz CT molecular complexity index is 602. The smallest absolute Gasteiger partial charge is 0.494 e. The quantitative estimate of drug-likeness (QED) is 0.460. The Morgan fingerprint density at radius 1 is 1.16 bits per heavy atom. The molecule has 1 aromatic carbocycles. The maximum Gasteiger partial charge on any atom is 0.494 e. The van der Waals surface area contributed by atoms with E-state index in [1.54, 1.807) is 6.26 Å². The van der Waals surface area contributed by atoms with Gasteiger partial charge in [-0.1, -0.05) is 12.1 Å². The third kappa shape index (κ3) is 3.99. The van der Waals surface area contributed by atoms with Crippen molar-refractivity contribution < 1.29 is 18.6 Å². The van der Waals surface area contributed by atoms with Crippen LogP contribution in [0.2, 0.25) is 0 Å². The minimum atomic E-state index is -1.03. The molecule has 2 fully saturated rings. The molecule has 0 amide bonds. The molecule has 1 atom stereocenters. The average Bonchev–Trinajstić information content (AvgIpc) is 2.66. The number of benzene rings is 1. The molecule has 1 saturated carbocycles. The Morgan fingerprint density at radius 2 is 1.68 bits per heavy atom. The summed E-state index contributed by atoms with van der Waals surface area (Å²) in [7, 11) is -0.386. The number of hydrogen-bond donors (Lipinski definition) is 2. The van der Waals surface area contributed by atoms with E-state index in [2.05, 4.69) is 4.72 Å². The lowest BCUT2D eigenvalue weighted by Crippen LogP contribution is -2.63. The Balaban J connectivity index is 1.59. The number of rotatable bonds is 5. The summed E-state index contributed by atoms with van der Waals surface area (Å²) in [5.41, 5.74) is 5.75. The molecule has 1 aliphatic carbocycles. The van der Waals surface area contributed by atoms with Gasteiger partial charge >= 0.3 is 7.12 Å². The van der Waals surface area contributed by atoms with E-state index in [-0.39, 0.29) is 24.4 Å². The van der Waals surface area contributed by atoms with Gasteiger partial charge in [-0.2, -0.15) is 0 Å². The summed E-state index contributed by atoms with van der Waals surface area (Å²) in [6.45, 7) is 8.14. The summed E-state index contributed by atoms with van der Waals surface area (Å²) in [5.74, 6) is 0.707. The van der Waals surface area contributed by atoms with E-state index in [0.29, 0.717) is 18.6 Å². The zero-order valence-electron chi connectivity index (χ0n) is 15.5. The zero-order chi connectivity index (χ0) is 18.5. The highest BCUT2D eigenvalue weighted by atomic mass is 32.2. The van der Waals surface area contributed by atoms with Gasteiger partial charge in [0.25, 0.3) is 0 Å². The highest BCUT2D eigenvalue weighted by Crippen LogP contribution is 2.37. The molecule has 6 nitrogen and oxygen atoms in total. The van der Waals surface area contributed by atoms with Crippen LogP contribution in [0.1, 0.15) is 40.5 Å². The largest absolute Gasteiger partial charge is 0.598 e. The first-order valence-electron chi connectivity index (χ1n) is 8.53. The predicted molar refractivity (Wildman–Crippen MR) is 99.9 cm³/mol. The van der Waals surface area contributed by atoms with Crippen molar-refractivity contribution in [1.29, 1.82) is 0 Å². The van der Waals surface area contributed by atoms with E-state index in [9.17, 15) is 4.55 Å². The van der Waals surface area contributed by atoms with Crippen LogP contribution in [0.4, 0.5) is 0 Å². The first-order chi connectivity index (χ1) is 11.5. The maximum atomic E-state index is 11.2. The molecule has 8 heteroatoms. The van der Waals surface area contributed by atoms with Crippen molar-refractivity contribution in [1.82, 2.24) is 4.72 Å². The summed E-state index contributed by atoms with van der Waals surface area (Å²) < 4.78 is 32.1. The first kappa shape index (κ1) is 19.0. The minimum absolute atomic E-state index is 0.139. The van der Waals surface area contributed by atoms with Crippen molar-refractivity contribution in [3.05, 3.63) is 24.3 Å². The van der Waals surface area contributed by atoms with Crippen molar-refractivity contribution in [3.63, 3.8) is 0 Å². The van der Waals surface area contributed by atoms with Crippen molar-refractivity contribution in [3.8, 4) is 5.75 Å². The molecule has 1 heterocycles. The lowest BCUT2D eigenvalue weighted by atomic mass is 9.79. The molecule has 0 spiro atoms. The van der Waals surface area contributed by atoms with E-state index in [1.807, 2.05) is 52.0 Å². The highest BCUT2D eigenvalue weighted by molar-refractivity contribution is 7.88. The molecule has 138 valence electrons. The zero-order valence-corrected chi connectivity index (χ0v) is 16.3. The fraction of sp³-hybridized carbons (Fsp3) is 0.647. The summed E-state index contributed by atoms with van der Waals surface area (Å²) in [6.07, 6.45) is 2.88. The SMILES string of the molecule is C[S+]([O-])NC1CC(N)(Oc2ccc(B3OC(C)(C)C(C)(C)O3)cc2)C1. The second kappa shape index (κ2) is 6.44. The number of ether oxygens (including phenoxy) is 1. The summed E-state index contributed by atoms with van der Waals surface area (Å²) in [5, 5.41) is 0. The molecule has 0 radical (unpaired) electrons. The van der Waals surface area contributed by atoms with Crippen LogP contribution in [-0.2, 0) is 20.7 Å². The molecule has 0 bridgehead atoms. The lowest BCUT2D eigenvalue weighted by molar-refractivity contribution is -0.0199.